The molecular weight excluding hydrogens is 333 g/mol. The normalized spacial score (nSPS) is 12.5. The third-order valence-electron chi connectivity index (χ3n) is 4.22. The highest BCUT2D eigenvalue weighted by atomic mass is 19.1. The number of aromatic amines is 1. The maximum atomic E-state index is 13.2. The molecule has 1 unspecified atom stereocenters. The minimum Gasteiger partial charge on any atom is -0.323 e. The fourth-order valence-electron chi connectivity index (χ4n) is 2.83. The van der Waals surface area contributed by atoms with Gasteiger partial charge in [-0.15, -0.1) is 0 Å². The summed E-state index contributed by atoms with van der Waals surface area (Å²) in [6.45, 7) is 3.92. The van der Waals surface area contributed by atoms with Crippen molar-refractivity contribution in [3.8, 4) is 0 Å². The average molecular weight is 351 g/mol. The van der Waals surface area contributed by atoms with Crippen LogP contribution in [0.15, 0.2) is 36.5 Å². The molecular formula is C18H18FN7. The van der Waals surface area contributed by atoms with Crippen LogP contribution >= 0.6 is 0 Å². The van der Waals surface area contributed by atoms with Crippen LogP contribution < -0.4 is 5.32 Å². The topological polar surface area (TPSA) is 84.3 Å². The molecule has 0 saturated carbocycles. The van der Waals surface area contributed by atoms with Gasteiger partial charge in [-0.2, -0.15) is 10.2 Å². The Morgan fingerprint density at radius 1 is 1.19 bits per heavy atom. The van der Waals surface area contributed by atoms with Crippen LogP contribution in [0.1, 0.15) is 29.9 Å². The third-order valence-corrected chi connectivity index (χ3v) is 4.22. The van der Waals surface area contributed by atoms with Crippen LogP contribution in [-0.2, 0) is 7.05 Å². The van der Waals surface area contributed by atoms with Crippen LogP contribution in [0.4, 0.5) is 16.0 Å². The van der Waals surface area contributed by atoms with Gasteiger partial charge in [-0.1, -0.05) is 19.1 Å². The van der Waals surface area contributed by atoms with E-state index in [1.54, 1.807) is 16.8 Å². The molecule has 0 spiro atoms. The van der Waals surface area contributed by atoms with Gasteiger partial charge >= 0.3 is 0 Å². The molecule has 26 heavy (non-hydrogen) atoms. The van der Waals surface area contributed by atoms with E-state index in [1.807, 2.05) is 33.2 Å². The van der Waals surface area contributed by atoms with Crippen molar-refractivity contribution in [3.63, 3.8) is 0 Å². The van der Waals surface area contributed by atoms with Gasteiger partial charge in [-0.05, 0) is 24.6 Å². The number of hydrogen-bond acceptors (Lipinski definition) is 5. The molecule has 7 nitrogen and oxygen atoms in total. The van der Waals surface area contributed by atoms with Gasteiger partial charge in [0, 0.05) is 30.9 Å². The Labute approximate surface area is 149 Å². The van der Waals surface area contributed by atoms with Crippen LogP contribution in [0, 0.1) is 12.7 Å². The zero-order valence-electron chi connectivity index (χ0n) is 14.7. The lowest BCUT2D eigenvalue weighted by molar-refractivity contribution is 0.626. The highest BCUT2D eigenvalue weighted by molar-refractivity contribution is 5.87. The van der Waals surface area contributed by atoms with E-state index in [9.17, 15) is 4.39 Å². The molecule has 0 aliphatic heterocycles. The first kappa shape index (κ1) is 16.2. The summed E-state index contributed by atoms with van der Waals surface area (Å²) in [5.74, 6) is 1.55. The highest BCUT2D eigenvalue weighted by Gasteiger charge is 2.17. The zero-order valence-corrected chi connectivity index (χ0v) is 14.7. The van der Waals surface area contributed by atoms with E-state index < -0.39 is 0 Å². The van der Waals surface area contributed by atoms with E-state index in [0.29, 0.717) is 23.1 Å². The summed E-state index contributed by atoms with van der Waals surface area (Å²) in [6, 6.07) is 8.27. The molecule has 2 N–H and O–H groups in total. The lowest BCUT2D eigenvalue weighted by Crippen LogP contribution is -2.06. The highest BCUT2D eigenvalue weighted by Crippen LogP contribution is 2.28. The molecule has 3 aromatic heterocycles. The molecule has 0 saturated heterocycles. The van der Waals surface area contributed by atoms with Crippen molar-refractivity contribution in [1.29, 1.82) is 0 Å². The minimum atomic E-state index is -0.265. The van der Waals surface area contributed by atoms with Gasteiger partial charge in [0.05, 0.1) is 5.39 Å². The first-order chi connectivity index (χ1) is 12.5. The minimum absolute atomic E-state index is 0.108. The van der Waals surface area contributed by atoms with Gasteiger partial charge in [0.1, 0.15) is 17.5 Å². The lowest BCUT2D eigenvalue weighted by Gasteiger charge is -2.12. The molecule has 8 heteroatoms. The second-order valence-electron chi connectivity index (χ2n) is 6.30. The molecule has 0 bridgehead atoms. The summed E-state index contributed by atoms with van der Waals surface area (Å²) < 4.78 is 14.9. The van der Waals surface area contributed by atoms with E-state index in [1.165, 1.54) is 12.1 Å². The quantitative estimate of drug-likeness (QED) is 0.588. The number of halogens is 1. The van der Waals surface area contributed by atoms with Gasteiger partial charge in [0.15, 0.2) is 11.5 Å². The van der Waals surface area contributed by atoms with Crippen LogP contribution in [0.25, 0.3) is 11.0 Å². The maximum Gasteiger partial charge on any atom is 0.186 e. The van der Waals surface area contributed by atoms with Gasteiger partial charge in [0.2, 0.25) is 0 Å². The molecule has 0 aliphatic carbocycles. The molecule has 1 aromatic carbocycles. The molecule has 0 fully saturated rings. The van der Waals surface area contributed by atoms with Crippen molar-refractivity contribution < 1.29 is 4.39 Å². The van der Waals surface area contributed by atoms with Crippen molar-refractivity contribution in [1.82, 2.24) is 29.9 Å². The van der Waals surface area contributed by atoms with Crippen molar-refractivity contribution in [2.24, 2.45) is 7.05 Å². The number of anilines is 2. The summed E-state index contributed by atoms with van der Waals surface area (Å²) in [4.78, 5) is 9.29. The van der Waals surface area contributed by atoms with Crippen LogP contribution in [0.5, 0.6) is 0 Å². The van der Waals surface area contributed by atoms with Crippen molar-refractivity contribution in [2.45, 2.75) is 19.8 Å². The Morgan fingerprint density at radius 3 is 2.65 bits per heavy atom. The predicted octanol–water partition coefficient (Wildman–Crippen LogP) is 3.43. The number of aromatic nitrogens is 6. The molecule has 0 radical (unpaired) electrons. The number of benzene rings is 1. The van der Waals surface area contributed by atoms with Crippen LogP contribution in [0.3, 0.4) is 0 Å². The maximum absolute atomic E-state index is 13.2. The number of nitrogens with zero attached hydrogens (tertiary/aromatic N) is 5. The Bertz CT molecular complexity index is 1070. The number of fused-ring (bicyclic) bond motifs is 1. The molecule has 4 aromatic rings. The zero-order chi connectivity index (χ0) is 18.3. The van der Waals surface area contributed by atoms with E-state index in [0.717, 1.165) is 16.6 Å². The largest absolute Gasteiger partial charge is 0.323 e. The van der Waals surface area contributed by atoms with Crippen LogP contribution in [0.2, 0.25) is 0 Å². The second kappa shape index (κ2) is 6.21. The van der Waals surface area contributed by atoms with E-state index >= 15 is 0 Å². The fraction of sp³-hybridized carbons (Fsp3) is 0.222. The van der Waals surface area contributed by atoms with Gasteiger partial charge in [0.25, 0.3) is 0 Å². The fourth-order valence-corrected chi connectivity index (χ4v) is 2.83. The van der Waals surface area contributed by atoms with E-state index in [-0.39, 0.29) is 11.7 Å². The van der Waals surface area contributed by atoms with Crippen molar-refractivity contribution >= 4 is 22.7 Å². The molecule has 1 atom stereocenters. The number of aryl methyl sites for hydroxylation is 2. The third kappa shape index (κ3) is 3.01. The monoisotopic (exact) mass is 351 g/mol. The Kier molecular flexibility index (Phi) is 3.87. The average Bonchev–Trinajstić information content (AvgIpc) is 3.19. The Balaban J connectivity index is 1.78. The van der Waals surface area contributed by atoms with Crippen LogP contribution in [-0.4, -0.2) is 29.9 Å². The predicted molar refractivity (Wildman–Crippen MR) is 96.8 cm³/mol. The smallest absolute Gasteiger partial charge is 0.186 e. The Hall–Kier alpha value is -3.29. The molecule has 0 aliphatic rings. The second-order valence-corrected chi connectivity index (χ2v) is 6.30. The number of nitrogens with one attached hydrogen (secondary N) is 2. The molecule has 4 rings (SSSR count). The number of hydrogen-bond donors (Lipinski definition) is 2. The first-order valence-corrected chi connectivity index (χ1v) is 8.25. The Morgan fingerprint density at radius 2 is 1.96 bits per heavy atom. The summed E-state index contributed by atoms with van der Waals surface area (Å²) >= 11 is 0. The summed E-state index contributed by atoms with van der Waals surface area (Å²) in [7, 11) is 1.84. The number of H-pyrrole nitrogens is 1. The summed E-state index contributed by atoms with van der Waals surface area (Å²) in [5, 5.41) is 15.5. The van der Waals surface area contributed by atoms with Gasteiger partial charge < -0.3 is 5.32 Å². The SMILES string of the molecule is Cc1cc(Nc2nc(C(C)c3ccc(F)cc3)nc3nn(C)cc23)n[nH]1. The van der Waals surface area contributed by atoms with E-state index in [2.05, 4.69) is 25.6 Å². The van der Waals surface area contributed by atoms with Crippen molar-refractivity contribution in [2.75, 3.05) is 5.32 Å². The number of rotatable bonds is 4. The molecule has 0 amide bonds. The standard InChI is InChI=1S/C18H18FN7/c1-10-8-15(24-23-10)20-17-14-9-26(3)25-18(14)22-16(21-17)11(2)12-4-6-13(19)7-5-12/h4-9,11H,1-3H3,(H2,20,21,22,23,24,25). The van der Waals surface area contributed by atoms with Gasteiger partial charge in [-0.25, -0.2) is 14.4 Å². The first-order valence-electron chi connectivity index (χ1n) is 8.25. The molecule has 132 valence electrons. The summed E-state index contributed by atoms with van der Waals surface area (Å²) in [6.07, 6.45) is 1.86. The van der Waals surface area contributed by atoms with Gasteiger partial charge in [-0.3, -0.25) is 9.78 Å². The molecule has 3 heterocycles. The van der Waals surface area contributed by atoms with E-state index in [4.69, 9.17) is 4.98 Å². The van der Waals surface area contributed by atoms with Crippen molar-refractivity contribution in [3.05, 3.63) is 59.4 Å². The lowest BCUT2D eigenvalue weighted by atomic mass is 10.0. The summed E-state index contributed by atoms with van der Waals surface area (Å²) in [5.41, 5.74) is 2.48.